The van der Waals surface area contributed by atoms with E-state index >= 15 is 0 Å². The lowest BCUT2D eigenvalue weighted by molar-refractivity contribution is 0.00208. The van der Waals surface area contributed by atoms with E-state index in [0.717, 1.165) is 0 Å². The van der Waals surface area contributed by atoms with Gasteiger partial charge in [0.05, 0.1) is 35.5 Å². The second-order valence-electron chi connectivity index (χ2n) is 11.9. The first-order chi connectivity index (χ1) is 25.5. The summed E-state index contributed by atoms with van der Waals surface area (Å²) in [6.07, 6.45) is -2.23. The Morgan fingerprint density at radius 3 is 1.19 bits per heavy atom. The lowest BCUT2D eigenvalue weighted by atomic mass is 10.0. The monoisotopic (exact) mass is 724 g/mol. The van der Waals surface area contributed by atoms with Crippen LogP contribution in [0.15, 0.2) is 109 Å². The highest BCUT2D eigenvalue weighted by molar-refractivity contribution is 6.07. The van der Waals surface area contributed by atoms with Gasteiger partial charge in [-0.2, -0.15) is 0 Å². The molecule has 0 N–H and O–H groups in total. The summed E-state index contributed by atoms with van der Waals surface area (Å²) in [7, 11) is 0. The van der Waals surface area contributed by atoms with Crippen molar-refractivity contribution in [3.63, 3.8) is 0 Å². The maximum atomic E-state index is 13.0. The molecule has 0 aromatic heterocycles. The van der Waals surface area contributed by atoms with Crippen LogP contribution < -0.4 is 0 Å². The zero-order chi connectivity index (χ0) is 38.2. The van der Waals surface area contributed by atoms with Gasteiger partial charge in [-0.25, -0.2) is 19.2 Å². The highest BCUT2D eigenvalue weighted by atomic mass is 16.6. The molecule has 0 bridgehead atoms. The molecule has 276 valence electrons. The van der Waals surface area contributed by atoms with E-state index in [1.165, 1.54) is 24.3 Å². The fraction of sp³-hybridized carbons (Fsp3) is 0.268. The molecular formula is C41H40O12. The smallest absolute Gasteiger partial charge is 0.339 e. The Bertz CT molecular complexity index is 1870. The van der Waals surface area contributed by atoms with Crippen LogP contribution >= 0.6 is 0 Å². The van der Waals surface area contributed by atoms with Crippen molar-refractivity contribution in [2.24, 2.45) is 0 Å². The van der Waals surface area contributed by atoms with Crippen molar-refractivity contribution in [3.05, 3.63) is 143 Å². The zero-order valence-electron chi connectivity index (χ0n) is 29.6. The third kappa shape index (κ3) is 12.3. The summed E-state index contributed by atoms with van der Waals surface area (Å²) in [5, 5.41) is 0. The molecule has 0 heterocycles. The highest BCUT2D eigenvalue weighted by Crippen LogP contribution is 2.16. The number of hydrogen-bond donors (Lipinski definition) is 0. The number of hydrogen-bond acceptors (Lipinski definition) is 12. The molecule has 4 aromatic carbocycles. The summed E-state index contributed by atoms with van der Waals surface area (Å²) in [6.45, 7) is 3.58. The van der Waals surface area contributed by atoms with E-state index in [0.29, 0.717) is 11.1 Å². The predicted molar refractivity (Wildman–Crippen MR) is 191 cm³/mol. The molecule has 0 aliphatic rings. The number of carbonyl (C=O) groups is 6. The average molecular weight is 725 g/mol. The molecular weight excluding hydrogens is 684 g/mol. The van der Waals surface area contributed by atoms with Gasteiger partial charge in [0, 0.05) is 11.1 Å². The average Bonchev–Trinajstić information content (AvgIpc) is 3.17. The lowest BCUT2D eigenvalue weighted by Gasteiger charge is -2.16. The van der Waals surface area contributed by atoms with E-state index < -0.39 is 60.4 Å². The summed E-state index contributed by atoms with van der Waals surface area (Å²) in [5.41, 5.74) is 0.930. The first-order valence-electron chi connectivity index (χ1n) is 16.8. The fourth-order valence-electron chi connectivity index (χ4n) is 4.87. The minimum Gasteiger partial charge on any atom is -0.458 e. The largest absolute Gasteiger partial charge is 0.458 e. The molecule has 0 saturated heterocycles. The Labute approximate surface area is 306 Å². The zero-order valence-corrected chi connectivity index (χ0v) is 29.6. The Hall–Kier alpha value is -5.98. The van der Waals surface area contributed by atoms with Gasteiger partial charge in [-0.15, -0.1) is 0 Å². The summed E-state index contributed by atoms with van der Waals surface area (Å²) in [4.78, 5) is 76.4. The molecule has 0 fully saturated rings. The molecule has 4 aromatic rings. The van der Waals surface area contributed by atoms with Gasteiger partial charge < -0.3 is 28.4 Å². The summed E-state index contributed by atoms with van der Waals surface area (Å²) in [5.74, 6) is -3.62. The topological polar surface area (TPSA) is 158 Å². The van der Waals surface area contributed by atoms with E-state index in [1.807, 2.05) is 0 Å². The number of ketones is 2. The first-order valence-corrected chi connectivity index (χ1v) is 16.8. The Kier molecular flexibility index (Phi) is 15.1. The van der Waals surface area contributed by atoms with Crippen molar-refractivity contribution in [3.8, 4) is 0 Å². The second kappa shape index (κ2) is 20.2. The predicted octanol–water partition coefficient (Wildman–Crippen LogP) is 5.98. The van der Waals surface area contributed by atoms with Crippen molar-refractivity contribution < 1.29 is 57.2 Å². The van der Waals surface area contributed by atoms with Gasteiger partial charge in [-0.05, 0) is 57.2 Å². The molecule has 0 saturated carbocycles. The van der Waals surface area contributed by atoms with Crippen molar-refractivity contribution in [1.82, 2.24) is 0 Å². The number of benzene rings is 4. The minimum absolute atomic E-state index is 0.00900. The van der Waals surface area contributed by atoms with E-state index in [-0.39, 0.29) is 48.7 Å². The molecule has 3 atom stereocenters. The quantitative estimate of drug-likeness (QED) is 0.0634. The molecule has 0 spiro atoms. The lowest BCUT2D eigenvalue weighted by Crippen LogP contribution is -2.26. The van der Waals surface area contributed by atoms with Crippen LogP contribution in [0.3, 0.4) is 0 Å². The van der Waals surface area contributed by atoms with Crippen LogP contribution in [0.5, 0.6) is 0 Å². The van der Waals surface area contributed by atoms with Gasteiger partial charge in [-0.3, -0.25) is 9.59 Å². The van der Waals surface area contributed by atoms with Crippen molar-refractivity contribution >= 4 is 35.4 Å². The fourth-order valence-corrected chi connectivity index (χ4v) is 4.87. The van der Waals surface area contributed by atoms with Crippen LogP contribution in [0.2, 0.25) is 0 Å². The SMILES string of the molecule is CC(COCC(=O)c1ccccc1C(=O)OC(C)COCC(=O)c1ccccc1C(=O)OC(C)COC(=O)c1ccccc1)OC(=O)c1ccccc1. The highest BCUT2D eigenvalue weighted by Gasteiger charge is 2.23. The Balaban J connectivity index is 1.21. The second-order valence-corrected chi connectivity index (χ2v) is 11.9. The number of carbonyl (C=O) groups excluding carboxylic acids is 6. The number of rotatable bonds is 19. The molecule has 4 rings (SSSR count). The van der Waals surface area contributed by atoms with Crippen LogP contribution in [-0.2, 0) is 28.4 Å². The summed E-state index contributed by atoms with van der Waals surface area (Å²) >= 11 is 0. The van der Waals surface area contributed by atoms with Crippen LogP contribution in [0.4, 0.5) is 0 Å². The summed E-state index contributed by atoms with van der Waals surface area (Å²) in [6, 6.07) is 29.0. The molecule has 12 nitrogen and oxygen atoms in total. The number of esters is 4. The third-order valence-electron chi connectivity index (χ3n) is 7.46. The molecule has 0 radical (unpaired) electrons. The molecule has 12 heteroatoms. The summed E-state index contributed by atoms with van der Waals surface area (Å²) < 4.78 is 32.5. The van der Waals surface area contributed by atoms with Crippen LogP contribution in [-0.4, -0.2) is 86.8 Å². The Morgan fingerprint density at radius 2 is 0.755 bits per heavy atom. The van der Waals surface area contributed by atoms with Gasteiger partial charge in [0.2, 0.25) is 0 Å². The van der Waals surface area contributed by atoms with Gasteiger partial charge in [0.25, 0.3) is 0 Å². The van der Waals surface area contributed by atoms with Gasteiger partial charge in [0.15, 0.2) is 11.6 Å². The van der Waals surface area contributed by atoms with Crippen LogP contribution in [0, 0.1) is 0 Å². The van der Waals surface area contributed by atoms with Gasteiger partial charge in [0.1, 0.15) is 38.1 Å². The van der Waals surface area contributed by atoms with Gasteiger partial charge >= 0.3 is 23.9 Å². The van der Waals surface area contributed by atoms with Crippen LogP contribution in [0.25, 0.3) is 0 Å². The van der Waals surface area contributed by atoms with Crippen molar-refractivity contribution in [2.75, 3.05) is 33.0 Å². The molecule has 0 aliphatic carbocycles. The maximum Gasteiger partial charge on any atom is 0.339 e. The van der Waals surface area contributed by atoms with Gasteiger partial charge in [-0.1, -0.05) is 72.8 Å². The van der Waals surface area contributed by atoms with E-state index in [9.17, 15) is 28.8 Å². The Morgan fingerprint density at radius 1 is 0.415 bits per heavy atom. The van der Waals surface area contributed by atoms with Crippen LogP contribution in [0.1, 0.15) is 82.9 Å². The van der Waals surface area contributed by atoms with E-state index in [4.69, 9.17) is 28.4 Å². The molecule has 3 unspecified atom stereocenters. The normalized spacial score (nSPS) is 12.4. The maximum absolute atomic E-state index is 13.0. The van der Waals surface area contributed by atoms with E-state index in [1.54, 1.807) is 106 Å². The minimum atomic E-state index is -0.811. The number of ether oxygens (including phenoxy) is 6. The molecule has 0 aliphatic heterocycles. The standard InChI is InChI=1S/C41H40O12/c1-27(51-39(45)31-16-8-5-9-17-31)22-48-25-36(42)32-18-10-12-20-34(32)40(46)52-28(2)23-49-26-37(43)33-19-11-13-21-35(33)41(47)53-29(3)24-50-38(44)30-14-6-4-7-15-30/h4-21,27-29H,22-26H2,1-3H3. The number of Topliss-reactive ketones (excluding diaryl/α,β-unsaturated/α-hetero) is 2. The molecule has 0 amide bonds. The van der Waals surface area contributed by atoms with E-state index in [2.05, 4.69) is 0 Å². The van der Waals surface area contributed by atoms with Crippen molar-refractivity contribution in [1.29, 1.82) is 0 Å². The third-order valence-corrected chi connectivity index (χ3v) is 7.46. The first kappa shape index (κ1) is 39.8. The van der Waals surface area contributed by atoms with Crippen molar-refractivity contribution in [2.45, 2.75) is 39.1 Å². The molecule has 53 heavy (non-hydrogen) atoms.